The molecule has 4 nitrogen and oxygen atoms in total. The Bertz CT molecular complexity index is 816. The minimum Gasteiger partial charge on any atom is -0.508 e. The Morgan fingerprint density at radius 2 is 1.82 bits per heavy atom. The van der Waals surface area contributed by atoms with E-state index in [1.807, 2.05) is 42.5 Å². The molecule has 0 bridgehead atoms. The number of phenolic OH excluding ortho intramolecular Hbond substituents is 1. The zero-order valence-electron chi connectivity index (χ0n) is 11.9. The van der Waals surface area contributed by atoms with Crippen molar-refractivity contribution in [3.63, 3.8) is 0 Å². The molecule has 0 aliphatic carbocycles. The molecule has 0 saturated carbocycles. The lowest BCUT2D eigenvalue weighted by Gasteiger charge is -2.18. The Balaban J connectivity index is 2.13. The second-order valence-electron chi connectivity index (χ2n) is 5.23. The second kappa shape index (κ2) is 5.85. The molecule has 3 rings (SSSR count). The summed E-state index contributed by atoms with van der Waals surface area (Å²) < 4.78 is 0. The predicted octanol–water partition coefficient (Wildman–Crippen LogP) is 2.75. The van der Waals surface area contributed by atoms with Gasteiger partial charge in [0.05, 0.1) is 5.92 Å². The monoisotopic (exact) mass is 292 g/mol. The third-order valence-corrected chi connectivity index (χ3v) is 3.83. The van der Waals surface area contributed by atoms with E-state index in [1.165, 1.54) is 0 Å². The number of fused-ring (bicyclic) bond motifs is 1. The van der Waals surface area contributed by atoms with Crippen LogP contribution in [0.2, 0.25) is 0 Å². The summed E-state index contributed by atoms with van der Waals surface area (Å²) in [6.07, 6.45) is 3.78. The van der Waals surface area contributed by atoms with Gasteiger partial charge < -0.3 is 10.8 Å². The summed E-state index contributed by atoms with van der Waals surface area (Å²) in [5, 5.41) is 12.1. The first kappa shape index (κ1) is 14.1. The summed E-state index contributed by atoms with van der Waals surface area (Å²) in [7, 11) is 0. The maximum atomic E-state index is 12.0. The van der Waals surface area contributed by atoms with Gasteiger partial charge >= 0.3 is 0 Å². The highest BCUT2D eigenvalue weighted by Crippen LogP contribution is 2.35. The van der Waals surface area contributed by atoms with Crippen molar-refractivity contribution >= 4 is 16.7 Å². The van der Waals surface area contributed by atoms with Gasteiger partial charge in [-0.1, -0.05) is 30.3 Å². The number of aromatic nitrogens is 1. The predicted molar refractivity (Wildman–Crippen MR) is 85.5 cm³/mol. The molecule has 0 aliphatic rings. The van der Waals surface area contributed by atoms with Crippen molar-refractivity contribution < 1.29 is 9.90 Å². The topological polar surface area (TPSA) is 76.2 Å². The number of carbonyl (C=O) groups excluding carboxylic acids is 1. The molecular formula is C18H16N2O2. The molecule has 0 saturated heterocycles. The SMILES string of the molecule is NC(=O)C(Cc1ccncc1)c1c(O)ccc2ccccc12. The first-order valence-corrected chi connectivity index (χ1v) is 7.05. The Hall–Kier alpha value is -2.88. The Morgan fingerprint density at radius 3 is 2.55 bits per heavy atom. The fourth-order valence-electron chi connectivity index (χ4n) is 2.75. The van der Waals surface area contributed by atoms with Crippen molar-refractivity contribution in [2.75, 3.05) is 0 Å². The molecule has 1 amide bonds. The molecule has 3 N–H and O–H groups in total. The van der Waals surface area contributed by atoms with Crippen molar-refractivity contribution in [2.24, 2.45) is 5.73 Å². The maximum absolute atomic E-state index is 12.0. The number of carbonyl (C=O) groups is 1. The van der Waals surface area contributed by atoms with Crippen LogP contribution >= 0.6 is 0 Å². The van der Waals surface area contributed by atoms with E-state index in [2.05, 4.69) is 4.98 Å². The van der Waals surface area contributed by atoms with Gasteiger partial charge in [-0.15, -0.1) is 0 Å². The van der Waals surface area contributed by atoms with Crippen molar-refractivity contribution in [1.82, 2.24) is 4.98 Å². The third-order valence-electron chi connectivity index (χ3n) is 3.83. The number of primary amides is 1. The number of rotatable bonds is 4. The van der Waals surface area contributed by atoms with Crippen LogP contribution in [0.5, 0.6) is 5.75 Å². The first-order chi connectivity index (χ1) is 10.7. The summed E-state index contributed by atoms with van der Waals surface area (Å²) in [5.41, 5.74) is 7.15. The fraction of sp³-hybridized carbons (Fsp3) is 0.111. The molecule has 1 unspecified atom stereocenters. The van der Waals surface area contributed by atoms with E-state index in [-0.39, 0.29) is 5.75 Å². The van der Waals surface area contributed by atoms with Gasteiger partial charge in [-0.2, -0.15) is 0 Å². The minimum absolute atomic E-state index is 0.0940. The highest BCUT2D eigenvalue weighted by molar-refractivity contribution is 5.94. The van der Waals surface area contributed by atoms with Crippen LogP contribution in [-0.4, -0.2) is 16.0 Å². The third kappa shape index (κ3) is 2.63. The highest BCUT2D eigenvalue weighted by atomic mass is 16.3. The summed E-state index contributed by atoms with van der Waals surface area (Å²) in [4.78, 5) is 16.0. The smallest absolute Gasteiger partial charge is 0.225 e. The van der Waals surface area contributed by atoms with Crippen LogP contribution < -0.4 is 5.73 Å². The number of nitrogens with two attached hydrogens (primary N) is 1. The maximum Gasteiger partial charge on any atom is 0.225 e. The summed E-state index contributed by atoms with van der Waals surface area (Å²) in [5.74, 6) is -0.950. The highest BCUT2D eigenvalue weighted by Gasteiger charge is 2.23. The van der Waals surface area contributed by atoms with Crippen molar-refractivity contribution in [3.05, 3.63) is 72.1 Å². The summed E-state index contributed by atoms with van der Waals surface area (Å²) >= 11 is 0. The number of aromatic hydroxyl groups is 1. The number of hydrogen-bond acceptors (Lipinski definition) is 3. The Labute approximate surface area is 128 Å². The van der Waals surface area contributed by atoms with Gasteiger partial charge in [0.2, 0.25) is 5.91 Å². The molecule has 22 heavy (non-hydrogen) atoms. The van der Waals surface area contributed by atoms with Gasteiger partial charge in [-0.25, -0.2) is 0 Å². The average molecular weight is 292 g/mol. The molecule has 4 heteroatoms. The van der Waals surface area contributed by atoms with Gasteiger partial charge in [0, 0.05) is 18.0 Å². The van der Waals surface area contributed by atoms with Crippen molar-refractivity contribution in [3.8, 4) is 5.75 Å². The van der Waals surface area contributed by atoms with E-state index in [0.717, 1.165) is 16.3 Å². The van der Waals surface area contributed by atoms with Crippen LogP contribution in [0.4, 0.5) is 0 Å². The quantitative estimate of drug-likeness (QED) is 0.776. The van der Waals surface area contributed by atoms with Crippen LogP contribution in [0, 0.1) is 0 Å². The number of amides is 1. The molecule has 1 aromatic heterocycles. The number of nitrogens with zero attached hydrogens (tertiary/aromatic N) is 1. The summed E-state index contributed by atoms with van der Waals surface area (Å²) in [6, 6.07) is 14.8. The van der Waals surface area contributed by atoms with Crippen LogP contribution in [0.15, 0.2) is 60.9 Å². The van der Waals surface area contributed by atoms with Gasteiger partial charge in [-0.3, -0.25) is 9.78 Å². The van der Waals surface area contributed by atoms with Crippen LogP contribution in [0.25, 0.3) is 10.8 Å². The lowest BCUT2D eigenvalue weighted by molar-refractivity contribution is -0.119. The number of pyridine rings is 1. The zero-order chi connectivity index (χ0) is 15.5. The zero-order valence-corrected chi connectivity index (χ0v) is 11.9. The largest absolute Gasteiger partial charge is 0.508 e. The van der Waals surface area contributed by atoms with Crippen LogP contribution in [0.1, 0.15) is 17.0 Å². The number of benzene rings is 2. The lowest BCUT2D eigenvalue weighted by atomic mass is 9.87. The molecule has 0 spiro atoms. The standard InChI is InChI=1S/C18H16N2O2/c19-18(22)15(11-12-7-9-20-10-8-12)17-14-4-2-1-3-13(14)5-6-16(17)21/h1-10,15,21H,11H2,(H2,19,22). The van der Waals surface area contributed by atoms with Crippen molar-refractivity contribution in [2.45, 2.75) is 12.3 Å². The van der Waals surface area contributed by atoms with E-state index in [0.29, 0.717) is 12.0 Å². The van der Waals surface area contributed by atoms with E-state index in [4.69, 9.17) is 5.73 Å². The first-order valence-electron chi connectivity index (χ1n) is 7.05. The van der Waals surface area contributed by atoms with Gasteiger partial charge in [0.25, 0.3) is 0 Å². The molecule has 1 atom stereocenters. The molecule has 0 fully saturated rings. The molecular weight excluding hydrogens is 276 g/mol. The fourth-order valence-corrected chi connectivity index (χ4v) is 2.75. The van der Waals surface area contributed by atoms with E-state index in [1.54, 1.807) is 18.5 Å². The van der Waals surface area contributed by atoms with Gasteiger partial charge in [0.1, 0.15) is 5.75 Å². The van der Waals surface area contributed by atoms with E-state index < -0.39 is 11.8 Å². The van der Waals surface area contributed by atoms with Gasteiger partial charge in [0.15, 0.2) is 0 Å². The number of hydrogen-bond donors (Lipinski definition) is 2. The Kier molecular flexibility index (Phi) is 3.74. The average Bonchev–Trinajstić information content (AvgIpc) is 2.54. The second-order valence-corrected chi connectivity index (χ2v) is 5.23. The van der Waals surface area contributed by atoms with Crippen molar-refractivity contribution in [1.29, 1.82) is 0 Å². The number of phenols is 1. The minimum atomic E-state index is -0.589. The Morgan fingerprint density at radius 1 is 1.09 bits per heavy atom. The van der Waals surface area contributed by atoms with Gasteiger partial charge in [-0.05, 0) is 41.0 Å². The lowest BCUT2D eigenvalue weighted by Crippen LogP contribution is -2.23. The normalized spacial score (nSPS) is 12.2. The molecule has 3 aromatic rings. The molecule has 110 valence electrons. The van der Waals surface area contributed by atoms with Crippen LogP contribution in [-0.2, 0) is 11.2 Å². The summed E-state index contributed by atoms with van der Waals surface area (Å²) in [6.45, 7) is 0. The van der Waals surface area contributed by atoms with E-state index in [9.17, 15) is 9.90 Å². The molecule has 2 aromatic carbocycles. The van der Waals surface area contributed by atoms with E-state index >= 15 is 0 Å². The molecule has 1 heterocycles. The molecule has 0 radical (unpaired) electrons. The van der Waals surface area contributed by atoms with Crippen LogP contribution in [0.3, 0.4) is 0 Å². The molecule has 0 aliphatic heterocycles.